The summed E-state index contributed by atoms with van der Waals surface area (Å²) in [5.74, 6) is 0. The van der Waals surface area contributed by atoms with Crippen LogP contribution in [0.25, 0.3) is 0 Å². The Bertz CT molecular complexity index is 361. The first-order chi connectivity index (χ1) is 8.22. The molecule has 1 aliphatic heterocycles. The molecule has 1 aromatic carbocycles. The molecule has 0 radical (unpaired) electrons. The highest BCUT2D eigenvalue weighted by atomic mass is 35.5. The van der Waals surface area contributed by atoms with Gasteiger partial charge in [-0.25, -0.2) is 0 Å². The third-order valence-electron chi connectivity index (χ3n) is 3.81. The molecule has 0 aromatic heterocycles. The summed E-state index contributed by atoms with van der Waals surface area (Å²) < 4.78 is 0. The van der Waals surface area contributed by atoms with E-state index in [0.29, 0.717) is 6.04 Å². The highest BCUT2D eigenvalue weighted by molar-refractivity contribution is 6.31. The van der Waals surface area contributed by atoms with E-state index >= 15 is 0 Å². The van der Waals surface area contributed by atoms with E-state index in [2.05, 4.69) is 24.9 Å². The Labute approximate surface area is 108 Å². The fourth-order valence-electron chi connectivity index (χ4n) is 2.68. The van der Waals surface area contributed by atoms with Gasteiger partial charge in [-0.3, -0.25) is 0 Å². The molecule has 2 rings (SSSR count). The highest BCUT2D eigenvalue weighted by Gasteiger charge is 2.30. The monoisotopic (exact) mass is 256 g/mol. The zero-order chi connectivity index (χ0) is 12.3. The second kappa shape index (κ2) is 5.83. The number of hydrogen-bond acceptors (Lipinski definition) is 0. The minimum atomic E-state index is 0.455. The number of quaternary nitrogens is 3. The average molecular weight is 257 g/mol. The van der Waals surface area contributed by atoms with Crippen molar-refractivity contribution in [2.24, 2.45) is 0 Å². The zero-order valence-corrected chi connectivity index (χ0v) is 11.3. The SMILES string of the molecule is C[NH+]1CC[NH+]([C@H](C[NH3+])c2ccccc2Cl)CC1. The first-order valence-electron chi connectivity index (χ1n) is 6.42. The van der Waals surface area contributed by atoms with Gasteiger partial charge in [0.05, 0.1) is 7.05 Å². The van der Waals surface area contributed by atoms with Crippen LogP contribution in [-0.4, -0.2) is 39.8 Å². The summed E-state index contributed by atoms with van der Waals surface area (Å²) in [7, 11) is 2.27. The van der Waals surface area contributed by atoms with Crippen molar-refractivity contribution in [2.75, 3.05) is 39.8 Å². The second-order valence-corrected chi connectivity index (χ2v) is 5.39. The number of halogens is 1. The molecule has 0 spiro atoms. The van der Waals surface area contributed by atoms with E-state index < -0.39 is 0 Å². The molecule has 1 aliphatic rings. The largest absolute Gasteiger partial charge is 0.352 e. The van der Waals surface area contributed by atoms with Crippen LogP contribution in [0.2, 0.25) is 5.02 Å². The predicted octanol–water partition coefficient (Wildman–Crippen LogP) is -1.96. The standard InChI is InChI=1S/C13H20ClN3/c1-16-6-8-17(9-7-16)13(10-15)11-4-2-3-5-12(11)14/h2-5,13H,6-10,15H2,1H3/p+3/t13-/m1/s1. The molecule has 0 amide bonds. The van der Waals surface area contributed by atoms with Gasteiger partial charge in [-0.15, -0.1) is 0 Å². The number of likely N-dealkylation sites (N-methyl/N-ethyl adjacent to an activating group) is 1. The smallest absolute Gasteiger partial charge is 0.164 e. The van der Waals surface area contributed by atoms with E-state index in [1.165, 1.54) is 31.7 Å². The summed E-state index contributed by atoms with van der Waals surface area (Å²) in [5, 5.41) is 0.889. The molecule has 17 heavy (non-hydrogen) atoms. The van der Waals surface area contributed by atoms with Crippen molar-refractivity contribution in [3.63, 3.8) is 0 Å². The Kier molecular flexibility index (Phi) is 4.40. The van der Waals surface area contributed by atoms with Crippen molar-refractivity contribution in [2.45, 2.75) is 6.04 Å². The van der Waals surface area contributed by atoms with Gasteiger partial charge >= 0.3 is 0 Å². The molecule has 0 bridgehead atoms. The predicted molar refractivity (Wildman–Crippen MR) is 69.3 cm³/mol. The van der Waals surface area contributed by atoms with Gasteiger partial charge in [0.2, 0.25) is 0 Å². The maximum absolute atomic E-state index is 6.30. The van der Waals surface area contributed by atoms with Crippen LogP contribution in [-0.2, 0) is 0 Å². The molecule has 0 saturated carbocycles. The summed E-state index contributed by atoms with van der Waals surface area (Å²) in [6, 6.07) is 8.66. The topological polar surface area (TPSA) is 36.5 Å². The molecule has 3 nitrogen and oxygen atoms in total. The van der Waals surface area contributed by atoms with E-state index in [9.17, 15) is 0 Å². The summed E-state index contributed by atoms with van der Waals surface area (Å²) >= 11 is 6.30. The summed E-state index contributed by atoms with van der Waals surface area (Å²) in [5.41, 5.74) is 5.37. The maximum Gasteiger partial charge on any atom is 0.164 e. The van der Waals surface area contributed by atoms with Gasteiger partial charge in [-0.05, 0) is 6.07 Å². The molecule has 1 saturated heterocycles. The van der Waals surface area contributed by atoms with Crippen molar-refractivity contribution >= 4 is 11.6 Å². The number of benzene rings is 1. The van der Waals surface area contributed by atoms with Crippen LogP contribution in [0.4, 0.5) is 0 Å². The number of rotatable bonds is 3. The first kappa shape index (κ1) is 12.8. The van der Waals surface area contributed by atoms with Crippen LogP contribution < -0.4 is 15.5 Å². The van der Waals surface area contributed by atoms with Crippen LogP contribution >= 0.6 is 11.6 Å². The fourth-order valence-corrected chi connectivity index (χ4v) is 2.95. The molecule has 4 heteroatoms. The van der Waals surface area contributed by atoms with E-state index in [-0.39, 0.29) is 0 Å². The van der Waals surface area contributed by atoms with Crippen molar-refractivity contribution in [3.8, 4) is 0 Å². The summed E-state index contributed by atoms with van der Waals surface area (Å²) in [6.45, 7) is 5.85. The molecule has 5 N–H and O–H groups in total. The van der Waals surface area contributed by atoms with Crippen molar-refractivity contribution in [3.05, 3.63) is 34.9 Å². The van der Waals surface area contributed by atoms with Gasteiger partial charge in [0, 0.05) is 10.6 Å². The lowest BCUT2D eigenvalue weighted by Gasteiger charge is -2.32. The third kappa shape index (κ3) is 2.99. The molecule has 1 heterocycles. The maximum atomic E-state index is 6.30. The van der Waals surface area contributed by atoms with Crippen LogP contribution in [0, 0.1) is 0 Å². The van der Waals surface area contributed by atoms with E-state index in [4.69, 9.17) is 11.6 Å². The Balaban J connectivity index is 2.14. The molecule has 0 unspecified atom stereocenters. The minimum Gasteiger partial charge on any atom is -0.352 e. The molecular formula is C13H23ClN3+3. The Morgan fingerprint density at radius 3 is 2.47 bits per heavy atom. The van der Waals surface area contributed by atoms with Crippen molar-refractivity contribution < 1.29 is 15.5 Å². The Morgan fingerprint density at radius 1 is 1.24 bits per heavy atom. The number of nitrogens with one attached hydrogen (secondary N) is 2. The lowest BCUT2D eigenvalue weighted by atomic mass is 10.0. The van der Waals surface area contributed by atoms with Crippen LogP contribution in [0.1, 0.15) is 11.6 Å². The normalized spacial score (nSPS) is 26.8. The van der Waals surface area contributed by atoms with Gasteiger partial charge < -0.3 is 15.5 Å². The van der Waals surface area contributed by atoms with E-state index in [0.717, 1.165) is 11.6 Å². The zero-order valence-electron chi connectivity index (χ0n) is 10.5. The quantitative estimate of drug-likeness (QED) is 0.562. The lowest BCUT2D eigenvalue weighted by molar-refractivity contribution is -1.02. The lowest BCUT2D eigenvalue weighted by Crippen LogP contribution is -3.27. The molecule has 1 aromatic rings. The van der Waals surface area contributed by atoms with Gasteiger partial charge in [-0.2, -0.15) is 0 Å². The van der Waals surface area contributed by atoms with Crippen LogP contribution in [0.5, 0.6) is 0 Å². The molecular weight excluding hydrogens is 234 g/mol. The minimum absolute atomic E-state index is 0.455. The van der Waals surface area contributed by atoms with Gasteiger partial charge in [-0.1, -0.05) is 29.8 Å². The number of piperazine rings is 1. The van der Waals surface area contributed by atoms with E-state index in [1.807, 2.05) is 12.1 Å². The number of hydrogen-bond donors (Lipinski definition) is 3. The Hall–Kier alpha value is -0.610. The fraction of sp³-hybridized carbons (Fsp3) is 0.538. The summed E-state index contributed by atoms with van der Waals surface area (Å²) in [4.78, 5) is 3.27. The van der Waals surface area contributed by atoms with Crippen LogP contribution in [0.3, 0.4) is 0 Å². The average Bonchev–Trinajstić information content (AvgIpc) is 2.35. The molecule has 1 atom stereocenters. The third-order valence-corrected chi connectivity index (χ3v) is 4.15. The second-order valence-electron chi connectivity index (χ2n) is 4.98. The van der Waals surface area contributed by atoms with Crippen molar-refractivity contribution in [1.82, 2.24) is 0 Å². The van der Waals surface area contributed by atoms with Gasteiger partial charge in [0.1, 0.15) is 32.7 Å². The van der Waals surface area contributed by atoms with Gasteiger partial charge in [0.15, 0.2) is 6.04 Å². The first-order valence-corrected chi connectivity index (χ1v) is 6.79. The van der Waals surface area contributed by atoms with Crippen molar-refractivity contribution in [1.29, 1.82) is 0 Å². The highest BCUT2D eigenvalue weighted by Crippen LogP contribution is 2.19. The van der Waals surface area contributed by atoms with Crippen LogP contribution in [0.15, 0.2) is 24.3 Å². The molecule has 1 fully saturated rings. The molecule has 0 aliphatic carbocycles. The summed E-state index contributed by atoms with van der Waals surface area (Å²) in [6.07, 6.45) is 0. The van der Waals surface area contributed by atoms with Gasteiger partial charge in [0.25, 0.3) is 0 Å². The Morgan fingerprint density at radius 2 is 1.88 bits per heavy atom. The van der Waals surface area contributed by atoms with E-state index in [1.54, 1.807) is 9.80 Å². The molecule has 94 valence electrons.